The molecule has 8 nitrogen and oxygen atoms in total. The van der Waals surface area contributed by atoms with Gasteiger partial charge in [0.15, 0.2) is 18.1 Å². The van der Waals surface area contributed by atoms with E-state index in [2.05, 4.69) is 15.8 Å². The first-order valence-electron chi connectivity index (χ1n) is 9.33. The summed E-state index contributed by atoms with van der Waals surface area (Å²) in [6.07, 6.45) is 1.45. The molecule has 158 valence electrons. The predicted molar refractivity (Wildman–Crippen MR) is 117 cm³/mol. The molecule has 3 rings (SSSR count). The van der Waals surface area contributed by atoms with Gasteiger partial charge in [0, 0.05) is 11.3 Å². The van der Waals surface area contributed by atoms with Gasteiger partial charge in [-0.05, 0) is 60.2 Å². The van der Waals surface area contributed by atoms with Gasteiger partial charge in [0.25, 0.3) is 11.8 Å². The SMILES string of the molecule is COc1cc(/C=N/NC(=O)c2ccc(O)cc2)ccc1OCC(=O)Nc1ccccc1. The van der Waals surface area contributed by atoms with Crippen LogP contribution >= 0.6 is 0 Å². The summed E-state index contributed by atoms with van der Waals surface area (Å²) in [6.45, 7) is -0.179. The number of carbonyl (C=O) groups excluding carboxylic acids is 2. The quantitative estimate of drug-likeness (QED) is 0.384. The molecule has 3 N–H and O–H groups in total. The molecule has 0 fully saturated rings. The van der Waals surface area contributed by atoms with E-state index in [1.54, 1.807) is 30.3 Å². The monoisotopic (exact) mass is 419 g/mol. The standard InChI is InChI=1S/C23H21N3O5/c1-30-21-13-16(14-24-26-23(29)17-8-10-19(27)11-9-17)7-12-20(21)31-15-22(28)25-18-5-3-2-4-6-18/h2-14,27H,15H2,1H3,(H,25,28)(H,26,29)/b24-14+. The minimum atomic E-state index is -0.410. The Morgan fingerprint density at radius 3 is 2.45 bits per heavy atom. The number of anilines is 1. The molecule has 0 aliphatic rings. The van der Waals surface area contributed by atoms with Crippen LogP contribution in [-0.4, -0.2) is 36.9 Å². The van der Waals surface area contributed by atoms with Gasteiger partial charge in [0.2, 0.25) is 0 Å². The summed E-state index contributed by atoms with van der Waals surface area (Å²) in [4.78, 5) is 24.1. The molecule has 0 radical (unpaired) electrons. The fourth-order valence-electron chi connectivity index (χ4n) is 2.59. The van der Waals surface area contributed by atoms with E-state index in [0.29, 0.717) is 28.3 Å². The molecule has 8 heteroatoms. The van der Waals surface area contributed by atoms with Gasteiger partial charge in [0.05, 0.1) is 13.3 Å². The first-order chi connectivity index (χ1) is 15.0. The van der Waals surface area contributed by atoms with Crippen molar-refractivity contribution in [3.8, 4) is 17.2 Å². The largest absolute Gasteiger partial charge is 0.508 e. The number of rotatable bonds is 8. The van der Waals surface area contributed by atoms with E-state index in [1.807, 2.05) is 18.2 Å². The van der Waals surface area contributed by atoms with Crippen molar-refractivity contribution in [2.24, 2.45) is 5.10 Å². The molecule has 0 unspecified atom stereocenters. The van der Waals surface area contributed by atoms with Crippen molar-refractivity contribution in [1.82, 2.24) is 5.43 Å². The van der Waals surface area contributed by atoms with Gasteiger partial charge in [0.1, 0.15) is 5.75 Å². The fraction of sp³-hybridized carbons (Fsp3) is 0.0870. The zero-order chi connectivity index (χ0) is 22.1. The number of phenolic OH excluding ortho intramolecular Hbond substituents is 1. The van der Waals surface area contributed by atoms with Gasteiger partial charge in [-0.1, -0.05) is 18.2 Å². The first kappa shape index (κ1) is 21.4. The number of hydrogen-bond acceptors (Lipinski definition) is 6. The number of methoxy groups -OCH3 is 1. The maximum absolute atomic E-state index is 12.0. The van der Waals surface area contributed by atoms with E-state index in [1.165, 1.54) is 37.6 Å². The lowest BCUT2D eigenvalue weighted by atomic mass is 10.2. The molecule has 0 aromatic heterocycles. The number of benzene rings is 3. The van der Waals surface area contributed by atoms with Crippen molar-refractivity contribution in [2.75, 3.05) is 19.0 Å². The third kappa shape index (κ3) is 6.33. The maximum Gasteiger partial charge on any atom is 0.271 e. The number of nitrogens with zero attached hydrogens (tertiary/aromatic N) is 1. The van der Waals surface area contributed by atoms with Gasteiger partial charge in [-0.15, -0.1) is 0 Å². The molecule has 0 heterocycles. The lowest BCUT2D eigenvalue weighted by Crippen LogP contribution is -2.20. The Hall–Kier alpha value is -4.33. The minimum Gasteiger partial charge on any atom is -0.508 e. The molecule has 0 spiro atoms. The number of amides is 2. The van der Waals surface area contributed by atoms with Gasteiger partial charge in [-0.3, -0.25) is 9.59 Å². The first-order valence-corrected chi connectivity index (χ1v) is 9.33. The smallest absolute Gasteiger partial charge is 0.271 e. The number of phenols is 1. The van der Waals surface area contributed by atoms with Crippen LogP contribution in [0.2, 0.25) is 0 Å². The molecule has 0 aliphatic carbocycles. The van der Waals surface area contributed by atoms with Crippen LogP contribution in [0.4, 0.5) is 5.69 Å². The summed E-state index contributed by atoms with van der Waals surface area (Å²) >= 11 is 0. The number of hydrogen-bond donors (Lipinski definition) is 3. The summed E-state index contributed by atoms with van der Waals surface area (Å²) in [7, 11) is 1.49. The van der Waals surface area contributed by atoms with Crippen molar-refractivity contribution in [3.05, 3.63) is 83.9 Å². The van der Waals surface area contributed by atoms with E-state index in [9.17, 15) is 14.7 Å². The highest BCUT2D eigenvalue weighted by Crippen LogP contribution is 2.27. The number of aromatic hydroxyl groups is 1. The van der Waals surface area contributed by atoms with Crippen molar-refractivity contribution < 1.29 is 24.2 Å². The van der Waals surface area contributed by atoms with Crippen LogP contribution in [0.1, 0.15) is 15.9 Å². The molecule has 3 aromatic rings. The van der Waals surface area contributed by atoms with Gasteiger partial charge in [-0.2, -0.15) is 5.10 Å². The van der Waals surface area contributed by atoms with Crippen molar-refractivity contribution in [1.29, 1.82) is 0 Å². The molecule has 3 aromatic carbocycles. The van der Waals surface area contributed by atoms with Crippen LogP contribution in [0, 0.1) is 0 Å². The van der Waals surface area contributed by atoms with Gasteiger partial charge < -0.3 is 19.9 Å². The Morgan fingerprint density at radius 1 is 1.00 bits per heavy atom. The minimum absolute atomic E-state index is 0.0759. The highest BCUT2D eigenvalue weighted by Gasteiger charge is 2.09. The summed E-state index contributed by atoms with van der Waals surface area (Å²) in [6, 6.07) is 19.9. The zero-order valence-corrected chi connectivity index (χ0v) is 16.7. The summed E-state index contributed by atoms with van der Waals surface area (Å²) in [5, 5.41) is 15.9. The second-order valence-corrected chi connectivity index (χ2v) is 6.36. The average Bonchev–Trinajstić information content (AvgIpc) is 2.79. The van der Waals surface area contributed by atoms with Crippen molar-refractivity contribution in [2.45, 2.75) is 0 Å². The second-order valence-electron chi connectivity index (χ2n) is 6.36. The van der Waals surface area contributed by atoms with Crippen LogP contribution in [-0.2, 0) is 4.79 Å². The number of hydrazone groups is 1. The second kappa shape index (κ2) is 10.4. The van der Waals surface area contributed by atoms with Crippen molar-refractivity contribution in [3.63, 3.8) is 0 Å². The fourth-order valence-corrected chi connectivity index (χ4v) is 2.59. The molecule has 2 amide bonds. The Morgan fingerprint density at radius 2 is 1.74 bits per heavy atom. The number of ether oxygens (including phenoxy) is 2. The number of para-hydroxylation sites is 1. The number of nitrogens with one attached hydrogen (secondary N) is 2. The molecule has 0 bridgehead atoms. The summed E-state index contributed by atoms with van der Waals surface area (Å²) in [5.41, 5.74) is 4.11. The topological polar surface area (TPSA) is 109 Å². The van der Waals surface area contributed by atoms with Crippen LogP contribution in [0.15, 0.2) is 77.9 Å². The Kier molecular flexibility index (Phi) is 7.21. The lowest BCUT2D eigenvalue weighted by molar-refractivity contribution is -0.118. The van der Waals surface area contributed by atoms with Crippen LogP contribution in [0.3, 0.4) is 0 Å². The van der Waals surface area contributed by atoms with E-state index in [-0.39, 0.29) is 18.3 Å². The molecular formula is C23H21N3O5. The van der Waals surface area contributed by atoms with Crippen LogP contribution < -0.4 is 20.2 Å². The highest BCUT2D eigenvalue weighted by molar-refractivity contribution is 5.95. The third-order valence-corrected chi connectivity index (χ3v) is 4.11. The summed E-state index contributed by atoms with van der Waals surface area (Å²) in [5.74, 6) is 0.188. The van der Waals surface area contributed by atoms with Gasteiger partial charge >= 0.3 is 0 Å². The lowest BCUT2D eigenvalue weighted by Gasteiger charge is -2.11. The molecule has 0 saturated carbocycles. The molecule has 0 atom stereocenters. The maximum atomic E-state index is 12.0. The van der Waals surface area contributed by atoms with E-state index >= 15 is 0 Å². The van der Waals surface area contributed by atoms with E-state index in [4.69, 9.17) is 9.47 Å². The summed E-state index contributed by atoms with van der Waals surface area (Å²) < 4.78 is 10.9. The average molecular weight is 419 g/mol. The molecule has 0 aliphatic heterocycles. The van der Waals surface area contributed by atoms with E-state index < -0.39 is 5.91 Å². The predicted octanol–water partition coefficient (Wildman–Crippen LogP) is 3.18. The number of carbonyl (C=O) groups is 2. The molecule has 0 saturated heterocycles. The molecule has 31 heavy (non-hydrogen) atoms. The highest BCUT2D eigenvalue weighted by atomic mass is 16.5. The Balaban J connectivity index is 1.56. The Labute approximate surface area is 179 Å². The van der Waals surface area contributed by atoms with Gasteiger partial charge in [-0.25, -0.2) is 5.43 Å². The van der Waals surface area contributed by atoms with Crippen LogP contribution in [0.5, 0.6) is 17.2 Å². The zero-order valence-electron chi connectivity index (χ0n) is 16.7. The third-order valence-electron chi connectivity index (χ3n) is 4.11. The van der Waals surface area contributed by atoms with Crippen molar-refractivity contribution >= 4 is 23.7 Å². The van der Waals surface area contributed by atoms with E-state index in [0.717, 1.165) is 0 Å². The van der Waals surface area contributed by atoms with Crippen LogP contribution in [0.25, 0.3) is 0 Å². The normalized spacial score (nSPS) is 10.5. The Bertz CT molecular complexity index is 1070. The molecular weight excluding hydrogens is 398 g/mol.